The van der Waals surface area contributed by atoms with E-state index >= 15 is 0 Å². The van der Waals surface area contributed by atoms with Crippen LogP contribution < -0.4 is 5.32 Å². The van der Waals surface area contributed by atoms with E-state index in [0.29, 0.717) is 24.3 Å². The van der Waals surface area contributed by atoms with Gasteiger partial charge in [0.05, 0.1) is 12.5 Å². The van der Waals surface area contributed by atoms with Gasteiger partial charge in [-0.05, 0) is 12.8 Å². The molecule has 0 aliphatic carbocycles. The minimum Gasteiger partial charge on any atom is -0.477 e. The van der Waals surface area contributed by atoms with Gasteiger partial charge in [0, 0.05) is 17.4 Å². The molecule has 2 fully saturated rings. The molecule has 7 nitrogen and oxygen atoms in total. The number of aliphatic hydroxyl groups excluding tert-OH is 1. The minimum atomic E-state index is -1.15. The zero-order valence-electron chi connectivity index (χ0n) is 10.5. The predicted octanol–water partition coefficient (Wildman–Crippen LogP) is -0.668. The number of hydrogen-bond acceptors (Lipinski definition) is 5. The van der Waals surface area contributed by atoms with Crippen LogP contribution in [0.5, 0.6) is 0 Å². The van der Waals surface area contributed by atoms with Crippen molar-refractivity contribution in [3.63, 3.8) is 0 Å². The molecule has 3 atom stereocenters. The van der Waals surface area contributed by atoms with E-state index in [2.05, 4.69) is 5.32 Å². The second-order valence-electron chi connectivity index (χ2n) is 5.06. The van der Waals surface area contributed by atoms with Gasteiger partial charge in [-0.1, -0.05) is 0 Å². The number of carboxylic acids is 1. The highest BCUT2D eigenvalue weighted by atomic mass is 32.2. The van der Waals surface area contributed by atoms with Crippen LogP contribution in [-0.2, 0) is 14.4 Å². The van der Waals surface area contributed by atoms with E-state index in [1.54, 1.807) is 0 Å². The van der Waals surface area contributed by atoms with Crippen LogP contribution >= 0.6 is 11.8 Å². The summed E-state index contributed by atoms with van der Waals surface area (Å²) in [7, 11) is 0. The number of rotatable bonds is 4. The molecule has 0 aromatic carbocycles. The van der Waals surface area contributed by atoms with E-state index in [1.807, 2.05) is 0 Å². The molecule has 2 amide bonds. The first-order valence-electron chi connectivity index (χ1n) is 6.39. The third-order valence-electron chi connectivity index (χ3n) is 3.92. The monoisotopic (exact) mass is 298 g/mol. The highest BCUT2D eigenvalue weighted by Gasteiger charge is 2.55. The molecule has 3 N–H and O–H groups in total. The number of allylic oxidation sites excluding steroid dienone is 1. The number of fused-ring (bicyclic) bond motifs is 1. The number of hydrogen-bond donors (Lipinski definition) is 3. The van der Waals surface area contributed by atoms with E-state index in [9.17, 15) is 19.5 Å². The summed E-state index contributed by atoms with van der Waals surface area (Å²) in [5, 5.41) is 20.8. The lowest BCUT2D eigenvalue weighted by atomic mass is 9.97. The molecule has 3 rings (SSSR count). The van der Waals surface area contributed by atoms with Gasteiger partial charge in [0.25, 0.3) is 0 Å². The van der Waals surface area contributed by atoms with Gasteiger partial charge in [0.2, 0.25) is 11.8 Å². The molecule has 8 heteroatoms. The quantitative estimate of drug-likeness (QED) is 0.594. The van der Waals surface area contributed by atoms with Crippen molar-refractivity contribution in [1.29, 1.82) is 0 Å². The highest BCUT2D eigenvalue weighted by molar-refractivity contribution is 8.04. The van der Waals surface area contributed by atoms with Crippen molar-refractivity contribution in [2.24, 2.45) is 11.8 Å². The highest BCUT2D eigenvalue weighted by Crippen LogP contribution is 2.51. The van der Waals surface area contributed by atoms with Crippen LogP contribution in [-0.4, -0.2) is 51.4 Å². The Kier molecular flexibility index (Phi) is 3.21. The summed E-state index contributed by atoms with van der Waals surface area (Å²) < 4.78 is 0. The molecule has 0 saturated carbocycles. The first-order chi connectivity index (χ1) is 9.54. The smallest absolute Gasteiger partial charge is 0.353 e. The van der Waals surface area contributed by atoms with E-state index in [0.717, 1.165) is 0 Å². The number of nitrogens with zero attached hydrogens (tertiary/aromatic N) is 1. The number of carbonyl (C=O) groups is 3. The van der Waals surface area contributed by atoms with Gasteiger partial charge in [-0.25, -0.2) is 4.79 Å². The van der Waals surface area contributed by atoms with E-state index < -0.39 is 11.9 Å². The fraction of sp³-hybridized carbons (Fsp3) is 0.583. The lowest BCUT2D eigenvalue weighted by Crippen LogP contribution is -2.58. The number of amides is 2. The molecule has 0 aromatic heterocycles. The average Bonchev–Trinajstić information content (AvgIpc) is 2.93. The van der Waals surface area contributed by atoms with Crippen molar-refractivity contribution in [1.82, 2.24) is 10.2 Å². The van der Waals surface area contributed by atoms with Gasteiger partial charge in [0.15, 0.2) is 0 Å². The molecule has 0 aromatic rings. The van der Waals surface area contributed by atoms with Gasteiger partial charge in [0.1, 0.15) is 11.1 Å². The average molecular weight is 298 g/mol. The summed E-state index contributed by atoms with van der Waals surface area (Å²) in [6.07, 6.45) is 1.02. The Bertz CT molecular complexity index is 532. The van der Waals surface area contributed by atoms with Crippen LogP contribution in [0.3, 0.4) is 0 Å². The molecule has 20 heavy (non-hydrogen) atoms. The van der Waals surface area contributed by atoms with Crippen molar-refractivity contribution in [2.75, 3.05) is 13.2 Å². The maximum Gasteiger partial charge on any atom is 0.353 e. The Hall–Kier alpha value is -1.54. The fourth-order valence-electron chi connectivity index (χ4n) is 2.83. The summed E-state index contributed by atoms with van der Waals surface area (Å²) in [5.74, 6) is -2.34. The van der Waals surface area contributed by atoms with Gasteiger partial charge >= 0.3 is 5.97 Å². The van der Waals surface area contributed by atoms with Crippen LogP contribution in [0, 0.1) is 11.8 Å². The molecule has 3 aliphatic heterocycles. The molecular weight excluding hydrogens is 284 g/mol. The topological polar surface area (TPSA) is 107 Å². The second-order valence-corrected chi connectivity index (χ2v) is 6.27. The summed E-state index contributed by atoms with van der Waals surface area (Å²) in [5.41, 5.74) is -0.0191. The zero-order chi connectivity index (χ0) is 14.4. The summed E-state index contributed by atoms with van der Waals surface area (Å²) in [6, 6.07) is 0. The van der Waals surface area contributed by atoms with E-state index in [1.165, 1.54) is 16.7 Å². The molecule has 0 bridgehead atoms. The minimum absolute atomic E-state index is 0.0191. The Morgan fingerprint density at radius 2 is 2.20 bits per heavy atom. The SMILES string of the molecule is O=C(O)C1=C(C[C@@H]2CCNC2=O)S[C@@H]2[C@@H](CO)C(=O)N12. The first-order valence-corrected chi connectivity index (χ1v) is 7.27. The lowest BCUT2D eigenvalue weighted by Gasteiger charge is -2.41. The molecule has 2 saturated heterocycles. The van der Waals surface area contributed by atoms with Crippen molar-refractivity contribution >= 4 is 29.5 Å². The largest absolute Gasteiger partial charge is 0.477 e. The summed E-state index contributed by atoms with van der Waals surface area (Å²) in [4.78, 5) is 36.6. The van der Waals surface area contributed by atoms with Crippen LogP contribution in [0.15, 0.2) is 10.6 Å². The Labute approximate surface area is 119 Å². The number of aliphatic hydroxyl groups is 1. The zero-order valence-corrected chi connectivity index (χ0v) is 11.4. The van der Waals surface area contributed by atoms with Crippen LogP contribution in [0.25, 0.3) is 0 Å². The van der Waals surface area contributed by atoms with Crippen LogP contribution in [0.1, 0.15) is 12.8 Å². The van der Waals surface area contributed by atoms with Crippen LogP contribution in [0.2, 0.25) is 0 Å². The fourth-order valence-corrected chi connectivity index (χ4v) is 4.40. The standard InChI is InChI=1S/C12H14N2O5S/c15-4-6-10(17)14-8(12(18)19)7(20-11(6)14)3-5-1-2-13-9(5)16/h5-6,11,15H,1-4H2,(H,13,16)(H,18,19)/t5-,6-,11+/m0/s1. The summed E-state index contributed by atoms with van der Waals surface area (Å²) in [6.45, 7) is 0.326. The number of aliphatic carboxylic acids is 1. The number of thioether (sulfide) groups is 1. The Morgan fingerprint density at radius 1 is 1.45 bits per heavy atom. The molecule has 3 aliphatic rings. The lowest BCUT2D eigenvalue weighted by molar-refractivity contribution is -0.153. The Morgan fingerprint density at radius 3 is 2.75 bits per heavy atom. The molecule has 108 valence electrons. The molecule has 0 radical (unpaired) electrons. The van der Waals surface area contributed by atoms with Gasteiger partial charge in [-0.2, -0.15) is 0 Å². The molecular formula is C12H14N2O5S. The van der Waals surface area contributed by atoms with Crippen molar-refractivity contribution < 1.29 is 24.6 Å². The van der Waals surface area contributed by atoms with E-state index in [4.69, 9.17) is 5.11 Å². The predicted molar refractivity (Wildman–Crippen MR) is 69.2 cm³/mol. The maximum absolute atomic E-state index is 11.8. The number of nitrogens with one attached hydrogen (secondary N) is 1. The third-order valence-corrected chi connectivity index (χ3v) is 5.34. The maximum atomic E-state index is 11.8. The van der Waals surface area contributed by atoms with E-state index in [-0.39, 0.29) is 35.4 Å². The van der Waals surface area contributed by atoms with Crippen LogP contribution in [0.4, 0.5) is 0 Å². The van der Waals surface area contributed by atoms with Crippen molar-refractivity contribution in [3.8, 4) is 0 Å². The summed E-state index contributed by atoms with van der Waals surface area (Å²) >= 11 is 1.29. The van der Waals surface area contributed by atoms with Crippen molar-refractivity contribution in [2.45, 2.75) is 18.2 Å². The Balaban J connectivity index is 1.84. The molecule has 0 unspecified atom stereocenters. The van der Waals surface area contributed by atoms with Gasteiger partial charge < -0.3 is 15.5 Å². The van der Waals surface area contributed by atoms with Gasteiger partial charge in [-0.3, -0.25) is 14.5 Å². The molecule has 3 heterocycles. The first kappa shape index (κ1) is 13.4. The normalized spacial score (nSPS) is 32.2. The number of carbonyl (C=O) groups excluding carboxylic acids is 2. The number of carboxylic acid groups (broad SMARTS) is 1. The second kappa shape index (κ2) is 4.78. The van der Waals surface area contributed by atoms with Gasteiger partial charge in [-0.15, -0.1) is 11.8 Å². The van der Waals surface area contributed by atoms with Crippen molar-refractivity contribution in [3.05, 3.63) is 10.6 Å². The third kappa shape index (κ3) is 1.82. The molecule has 0 spiro atoms. The number of β-lactam (4-membered cyclic amide) rings is 1.